The quantitative estimate of drug-likeness (QED) is 0.786. The molecule has 6 heteroatoms. The topological polar surface area (TPSA) is 49.3 Å². The molecule has 2 N–H and O–H groups in total. The first-order valence-corrected chi connectivity index (χ1v) is 9.44. The Labute approximate surface area is 162 Å². The highest BCUT2D eigenvalue weighted by atomic mass is 19.4. The lowest BCUT2D eigenvalue weighted by atomic mass is 9.79. The van der Waals surface area contributed by atoms with Crippen LogP contribution < -0.4 is 5.32 Å². The van der Waals surface area contributed by atoms with E-state index in [1.807, 2.05) is 24.3 Å². The normalized spacial score (nSPS) is 20.3. The van der Waals surface area contributed by atoms with Crippen LogP contribution in [0.3, 0.4) is 0 Å². The molecule has 0 heterocycles. The average molecular weight is 391 g/mol. The smallest absolute Gasteiger partial charge is 0.383 e. The number of halogens is 3. The molecule has 1 aliphatic carbocycles. The summed E-state index contributed by atoms with van der Waals surface area (Å²) in [6.45, 7) is 1.93. The second kappa shape index (κ2) is 7.95. The summed E-state index contributed by atoms with van der Waals surface area (Å²) in [6, 6.07) is 12.6. The molecule has 2 aromatic rings. The first-order chi connectivity index (χ1) is 13.2. The van der Waals surface area contributed by atoms with Gasteiger partial charge >= 0.3 is 6.18 Å². The van der Waals surface area contributed by atoms with Crippen LogP contribution in [0.2, 0.25) is 0 Å². The van der Waals surface area contributed by atoms with E-state index in [1.54, 1.807) is 6.92 Å². The molecule has 0 radical (unpaired) electrons. The second-order valence-electron chi connectivity index (χ2n) is 7.54. The molecule has 150 valence electrons. The Morgan fingerprint density at radius 3 is 2.54 bits per heavy atom. The van der Waals surface area contributed by atoms with Crippen molar-refractivity contribution in [2.24, 2.45) is 0 Å². The van der Waals surface area contributed by atoms with Crippen molar-refractivity contribution in [2.45, 2.75) is 50.3 Å². The number of fused-ring (bicyclic) bond motifs is 1. The molecule has 3 rings (SSSR count). The number of rotatable bonds is 5. The van der Waals surface area contributed by atoms with E-state index in [2.05, 4.69) is 5.32 Å². The van der Waals surface area contributed by atoms with Gasteiger partial charge in [0.05, 0.1) is 12.1 Å². The van der Waals surface area contributed by atoms with Crippen molar-refractivity contribution in [1.82, 2.24) is 5.32 Å². The van der Waals surface area contributed by atoms with Crippen molar-refractivity contribution < 1.29 is 23.1 Å². The average Bonchev–Trinajstić information content (AvgIpc) is 2.66. The zero-order chi connectivity index (χ0) is 20.4. The summed E-state index contributed by atoms with van der Waals surface area (Å²) >= 11 is 0. The fraction of sp³-hybridized carbons (Fsp3) is 0.409. The van der Waals surface area contributed by atoms with Crippen LogP contribution >= 0.6 is 0 Å². The number of amides is 1. The number of alkyl halides is 3. The van der Waals surface area contributed by atoms with Crippen LogP contribution in [0.25, 0.3) is 0 Å². The molecule has 0 bridgehead atoms. The van der Waals surface area contributed by atoms with E-state index < -0.39 is 17.3 Å². The van der Waals surface area contributed by atoms with Crippen LogP contribution in [-0.4, -0.2) is 17.6 Å². The summed E-state index contributed by atoms with van der Waals surface area (Å²) in [6.07, 6.45) is -1.88. The van der Waals surface area contributed by atoms with Gasteiger partial charge < -0.3 is 10.4 Å². The molecule has 1 amide bonds. The third-order valence-corrected chi connectivity index (χ3v) is 5.43. The van der Waals surface area contributed by atoms with Crippen LogP contribution in [0.1, 0.15) is 54.4 Å². The maximum atomic E-state index is 12.7. The number of carbonyl (C=O) groups excluding carboxylic acids is 1. The highest BCUT2D eigenvalue weighted by Crippen LogP contribution is 2.35. The SMILES string of the molecule is CC(CC(=O)NCC1(O)CCCc2ccccc21)c1ccc(C(F)(F)F)cc1. The van der Waals surface area contributed by atoms with E-state index in [0.717, 1.165) is 36.1 Å². The van der Waals surface area contributed by atoms with Gasteiger partial charge in [-0.3, -0.25) is 4.79 Å². The van der Waals surface area contributed by atoms with Crippen LogP contribution in [0.4, 0.5) is 13.2 Å². The van der Waals surface area contributed by atoms with Crippen molar-refractivity contribution >= 4 is 5.91 Å². The monoisotopic (exact) mass is 391 g/mol. The lowest BCUT2D eigenvalue weighted by Gasteiger charge is -2.34. The largest absolute Gasteiger partial charge is 0.416 e. The highest BCUT2D eigenvalue weighted by molar-refractivity contribution is 5.77. The predicted octanol–water partition coefficient (Wildman–Crippen LogP) is 4.54. The van der Waals surface area contributed by atoms with E-state index >= 15 is 0 Å². The molecule has 28 heavy (non-hydrogen) atoms. The van der Waals surface area contributed by atoms with Gasteiger partial charge in [0.1, 0.15) is 5.60 Å². The number of aryl methyl sites for hydroxylation is 1. The van der Waals surface area contributed by atoms with Gasteiger partial charge in [0.2, 0.25) is 5.91 Å². The van der Waals surface area contributed by atoms with Crippen molar-refractivity contribution in [2.75, 3.05) is 6.54 Å². The van der Waals surface area contributed by atoms with Crippen molar-refractivity contribution in [1.29, 1.82) is 0 Å². The Hall–Kier alpha value is -2.34. The zero-order valence-electron chi connectivity index (χ0n) is 15.7. The molecule has 2 atom stereocenters. The first kappa shape index (κ1) is 20.4. The predicted molar refractivity (Wildman–Crippen MR) is 101 cm³/mol. The Balaban J connectivity index is 1.59. The standard InChI is InChI=1S/C22H24F3NO2/c1-15(16-8-10-18(11-9-16)22(23,24)25)13-20(27)26-14-21(28)12-4-6-17-5-2-3-7-19(17)21/h2-3,5,7-11,15,28H,4,6,12-14H2,1H3,(H,26,27). The molecule has 0 saturated heterocycles. The minimum Gasteiger partial charge on any atom is -0.383 e. The van der Waals surface area contributed by atoms with E-state index in [4.69, 9.17) is 0 Å². The third-order valence-electron chi connectivity index (χ3n) is 5.43. The fourth-order valence-electron chi connectivity index (χ4n) is 3.80. The summed E-state index contributed by atoms with van der Waals surface area (Å²) < 4.78 is 38.0. The van der Waals surface area contributed by atoms with Crippen LogP contribution in [0.5, 0.6) is 0 Å². The number of hydrogen-bond donors (Lipinski definition) is 2. The van der Waals surface area contributed by atoms with Gasteiger partial charge in [-0.1, -0.05) is 43.3 Å². The summed E-state index contributed by atoms with van der Waals surface area (Å²) in [5, 5.41) is 13.8. The van der Waals surface area contributed by atoms with Gasteiger partial charge in [-0.05, 0) is 54.0 Å². The Bertz CT molecular complexity index is 832. The number of carbonyl (C=O) groups is 1. The maximum Gasteiger partial charge on any atom is 0.416 e. The summed E-state index contributed by atoms with van der Waals surface area (Å²) in [5.74, 6) is -0.459. The highest BCUT2D eigenvalue weighted by Gasteiger charge is 2.34. The van der Waals surface area contributed by atoms with E-state index in [0.29, 0.717) is 12.0 Å². The fourth-order valence-corrected chi connectivity index (χ4v) is 3.80. The van der Waals surface area contributed by atoms with Gasteiger partial charge in [0, 0.05) is 6.42 Å². The van der Waals surface area contributed by atoms with Crippen LogP contribution in [-0.2, 0) is 23.0 Å². The maximum absolute atomic E-state index is 12.7. The molecule has 0 spiro atoms. The van der Waals surface area contributed by atoms with Crippen LogP contribution in [0.15, 0.2) is 48.5 Å². The summed E-state index contributed by atoms with van der Waals surface area (Å²) in [4.78, 5) is 12.3. The molecule has 0 aromatic heterocycles. The van der Waals surface area contributed by atoms with Gasteiger partial charge in [0.25, 0.3) is 0 Å². The first-order valence-electron chi connectivity index (χ1n) is 9.44. The molecule has 2 aromatic carbocycles. The van der Waals surface area contributed by atoms with E-state index in [1.165, 1.54) is 12.1 Å². The molecule has 0 saturated carbocycles. The second-order valence-corrected chi connectivity index (χ2v) is 7.54. The minimum absolute atomic E-state index is 0.128. The Morgan fingerprint density at radius 1 is 1.18 bits per heavy atom. The lowest BCUT2D eigenvalue weighted by Crippen LogP contribution is -2.43. The number of nitrogens with one attached hydrogen (secondary N) is 1. The van der Waals surface area contributed by atoms with Crippen molar-refractivity contribution in [3.8, 4) is 0 Å². The number of aliphatic hydroxyl groups is 1. The Kier molecular flexibility index (Phi) is 5.79. The van der Waals surface area contributed by atoms with Crippen molar-refractivity contribution in [3.05, 3.63) is 70.8 Å². The summed E-state index contributed by atoms with van der Waals surface area (Å²) in [5.41, 5.74) is 0.846. The zero-order valence-corrected chi connectivity index (χ0v) is 15.7. The molecular formula is C22H24F3NO2. The summed E-state index contributed by atoms with van der Waals surface area (Å²) in [7, 11) is 0. The van der Waals surface area contributed by atoms with Gasteiger partial charge in [-0.25, -0.2) is 0 Å². The van der Waals surface area contributed by atoms with E-state index in [9.17, 15) is 23.1 Å². The van der Waals surface area contributed by atoms with Crippen LogP contribution in [0, 0.1) is 0 Å². The lowest BCUT2D eigenvalue weighted by molar-refractivity contribution is -0.137. The number of hydrogen-bond acceptors (Lipinski definition) is 2. The van der Waals surface area contributed by atoms with E-state index in [-0.39, 0.29) is 24.8 Å². The molecule has 0 fully saturated rings. The molecule has 2 unspecified atom stereocenters. The molecular weight excluding hydrogens is 367 g/mol. The van der Waals surface area contributed by atoms with Gasteiger partial charge in [-0.2, -0.15) is 13.2 Å². The molecule has 3 nitrogen and oxygen atoms in total. The Morgan fingerprint density at radius 2 is 1.86 bits per heavy atom. The molecule has 1 aliphatic rings. The minimum atomic E-state index is -4.37. The van der Waals surface area contributed by atoms with Gasteiger partial charge in [-0.15, -0.1) is 0 Å². The molecule has 0 aliphatic heterocycles. The van der Waals surface area contributed by atoms with Gasteiger partial charge in [0.15, 0.2) is 0 Å². The third kappa shape index (κ3) is 4.55. The van der Waals surface area contributed by atoms with Crippen molar-refractivity contribution in [3.63, 3.8) is 0 Å². The number of benzene rings is 2.